The average molecular weight is 395 g/mol. The van der Waals surface area contributed by atoms with Crippen molar-refractivity contribution in [1.29, 1.82) is 0 Å². The highest BCUT2D eigenvalue weighted by Crippen LogP contribution is 2.31. The molecule has 26 heavy (non-hydrogen) atoms. The molecule has 1 atom stereocenters. The van der Waals surface area contributed by atoms with E-state index in [1.165, 1.54) is 17.8 Å². The van der Waals surface area contributed by atoms with Crippen molar-refractivity contribution in [2.24, 2.45) is 0 Å². The number of hydrogen-bond acceptors (Lipinski definition) is 5. The first-order chi connectivity index (χ1) is 12.5. The zero-order valence-corrected chi connectivity index (χ0v) is 16.9. The lowest BCUT2D eigenvalue weighted by atomic mass is 10.0. The zero-order valence-electron chi connectivity index (χ0n) is 15.3. The standard InChI is InChI=1S/C19H26N2O3S2/c1-15-10-11-19(25-15)26(22,23)20-14-17(21-12-6-3-7-13-21)16-8-4-5-9-18(16)24-2/h4-5,8-11,17,20H,3,6-7,12-14H2,1-2H3. The van der Waals surface area contributed by atoms with Crippen LogP contribution < -0.4 is 9.46 Å². The lowest BCUT2D eigenvalue weighted by Gasteiger charge is -2.35. The Morgan fingerprint density at radius 1 is 1.15 bits per heavy atom. The number of benzene rings is 1. The summed E-state index contributed by atoms with van der Waals surface area (Å²) >= 11 is 1.30. The van der Waals surface area contributed by atoms with Crippen molar-refractivity contribution >= 4 is 21.4 Å². The van der Waals surface area contributed by atoms with Gasteiger partial charge < -0.3 is 4.74 Å². The molecule has 2 heterocycles. The van der Waals surface area contributed by atoms with Gasteiger partial charge >= 0.3 is 0 Å². The Bertz CT molecular complexity index is 827. The third-order valence-electron chi connectivity index (χ3n) is 4.78. The molecule has 2 aromatic rings. The molecule has 1 aliphatic rings. The Hall–Kier alpha value is -1.41. The maximum Gasteiger partial charge on any atom is 0.250 e. The van der Waals surface area contributed by atoms with E-state index in [0.717, 1.165) is 42.1 Å². The summed E-state index contributed by atoms with van der Waals surface area (Å²) in [5, 5.41) is 0. The fraction of sp³-hybridized carbons (Fsp3) is 0.474. The van der Waals surface area contributed by atoms with Crippen molar-refractivity contribution in [3.05, 3.63) is 46.8 Å². The Labute approximate surface area is 160 Å². The summed E-state index contributed by atoms with van der Waals surface area (Å²) in [7, 11) is -1.84. The van der Waals surface area contributed by atoms with Crippen molar-refractivity contribution < 1.29 is 13.2 Å². The number of hydrogen-bond donors (Lipinski definition) is 1. The molecule has 0 radical (unpaired) electrons. The lowest BCUT2D eigenvalue weighted by Crippen LogP contribution is -2.40. The van der Waals surface area contributed by atoms with Gasteiger partial charge in [0.15, 0.2) is 0 Å². The predicted octanol–water partition coefficient (Wildman–Crippen LogP) is 3.57. The SMILES string of the molecule is COc1ccccc1C(CNS(=O)(=O)c1ccc(C)s1)N1CCCCC1. The van der Waals surface area contributed by atoms with Crippen LogP contribution in [0.15, 0.2) is 40.6 Å². The van der Waals surface area contributed by atoms with Crippen LogP contribution in [0.5, 0.6) is 5.75 Å². The Morgan fingerprint density at radius 3 is 2.54 bits per heavy atom. The maximum absolute atomic E-state index is 12.7. The summed E-state index contributed by atoms with van der Waals surface area (Å²) in [4.78, 5) is 3.35. The van der Waals surface area contributed by atoms with Crippen LogP contribution in [0.4, 0.5) is 0 Å². The van der Waals surface area contributed by atoms with Gasteiger partial charge in [0.1, 0.15) is 9.96 Å². The number of sulfonamides is 1. The molecule has 1 fully saturated rings. The van der Waals surface area contributed by atoms with Gasteiger partial charge in [-0.15, -0.1) is 11.3 Å². The third kappa shape index (κ3) is 4.46. The summed E-state index contributed by atoms with van der Waals surface area (Å²) in [5.74, 6) is 0.800. The second-order valence-corrected chi connectivity index (χ2v) is 9.85. The minimum Gasteiger partial charge on any atom is -0.496 e. The molecule has 0 aliphatic carbocycles. The summed E-state index contributed by atoms with van der Waals surface area (Å²) in [5.41, 5.74) is 1.03. The molecule has 1 aliphatic heterocycles. The number of nitrogens with zero attached hydrogens (tertiary/aromatic N) is 1. The zero-order chi connectivity index (χ0) is 18.6. The van der Waals surface area contributed by atoms with Crippen molar-refractivity contribution in [2.75, 3.05) is 26.7 Å². The largest absolute Gasteiger partial charge is 0.496 e. The van der Waals surface area contributed by atoms with E-state index in [-0.39, 0.29) is 6.04 Å². The highest BCUT2D eigenvalue weighted by atomic mass is 32.2. The van der Waals surface area contributed by atoms with E-state index in [1.54, 1.807) is 13.2 Å². The summed E-state index contributed by atoms with van der Waals surface area (Å²) in [6.45, 7) is 4.19. The number of ether oxygens (including phenoxy) is 1. The normalized spacial score (nSPS) is 17.2. The molecule has 0 spiro atoms. The molecule has 1 aromatic heterocycles. The van der Waals surface area contributed by atoms with Gasteiger partial charge in [-0.05, 0) is 51.1 Å². The molecule has 1 N–H and O–H groups in total. The van der Waals surface area contributed by atoms with E-state index in [0.29, 0.717) is 10.8 Å². The molecular weight excluding hydrogens is 368 g/mol. The van der Waals surface area contributed by atoms with Gasteiger partial charge in [0.2, 0.25) is 10.0 Å². The van der Waals surface area contributed by atoms with Gasteiger partial charge in [-0.3, -0.25) is 4.90 Å². The monoisotopic (exact) mass is 394 g/mol. The first-order valence-corrected chi connectivity index (χ1v) is 11.2. The topological polar surface area (TPSA) is 58.6 Å². The van der Waals surface area contributed by atoms with Gasteiger partial charge in [-0.1, -0.05) is 24.6 Å². The molecule has 5 nitrogen and oxygen atoms in total. The molecule has 0 bridgehead atoms. The van der Waals surface area contributed by atoms with Crippen LogP contribution in [0, 0.1) is 6.92 Å². The average Bonchev–Trinajstić information content (AvgIpc) is 3.10. The molecular formula is C19H26N2O3S2. The molecule has 3 rings (SSSR count). The fourth-order valence-electron chi connectivity index (χ4n) is 3.42. The molecule has 142 valence electrons. The van der Waals surface area contributed by atoms with Crippen LogP contribution in [-0.4, -0.2) is 40.1 Å². The van der Waals surface area contributed by atoms with Crippen LogP contribution in [0.2, 0.25) is 0 Å². The van der Waals surface area contributed by atoms with E-state index in [1.807, 2.05) is 37.3 Å². The Kier molecular flexibility index (Phi) is 6.34. The van der Waals surface area contributed by atoms with Crippen LogP contribution >= 0.6 is 11.3 Å². The van der Waals surface area contributed by atoms with E-state index in [2.05, 4.69) is 9.62 Å². The summed E-state index contributed by atoms with van der Waals surface area (Å²) < 4.78 is 34.1. The second kappa shape index (κ2) is 8.52. The van der Waals surface area contributed by atoms with E-state index >= 15 is 0 Å². The van der Waals surface area contributed by atoms with Crippen molar-refractivity contribution in [3.63, 3.8) is 0 Å². The van der Waals surface area contributed by atoms with Gasteiger partial charge in [-0.25, -0.2) is 13.1 Å². The van der Waals surface area contributed by atoms with Crippen LogP contribution in [0.1, 0.15) is 35.7 Å². The van der Waals surface area contributed by atoms with Gasteiger partial charge in [0, 0.05) is 17.0 Å². The van der Waals surface area contributed by atoms with E-state index in [4.69, 9.17) is 4.74 Å². The van der Waals surface area contributed by atoms with Crippen molar-refractivity contribution in [2.45, 2.75) is 36.4 Å². The van der Waals surface area contributed by atoms with Crippen LogP contribution in [-0.2, 0) is 10.0 Å². The summed E-state index contributed by atoms with van der Waals surface area (Å²) in [6.07, 6.45) is 3.51. The minimum atomic E-state index is -3.50. The number of para-hydroxylation sites is 1. The first kappa shape index (κ1) is 19.4. The predicted molar refractivity (Wildman–Crippen MR) is 105 cm³/mol. The number of nitrogens with one attached hydrogen (secondary N) is 1. The molecule has 0 saturated carbocycles. The number of rotatable bonds is 7. The minimum absolute atomic E-state index is 0.0396. The van der Waals surface area contributed by atoms with Crippen molar-refractivity contribution in [3.8, 4) is 5.75 Å². The van der Waals surface area contributed by atoms with Gasteiger partial charge in [-0.2, -0.15) is 0 Å². The third-order valence-corrected chi connectivity index (χ3v) is 7.69. The number of aryl methyl sites for hydroxylation is 1. The quantitative estimate of drug-likeness (QED) is 0.780. The van der Waals surface area contributed by atoms with Crippen LogP contribution in [0.25, 0.3) is 0 Å². The lowest BCUT2D eigenvalue weighted by molar-refractivity contribution is 0.162. The maximum atomic E-state index is 12.7. The molecule has 1 unspecified atom stereocenters. The Balaban J connectivity index is 1.84. The number of piperidine rings is 1. The first-order valence-electron chi connectivity index (χ1n) is 8.94. The van der Waals surface area contributed by atoms with Gasteiger partial charge in [0.05, 0.1) is 13.2 Å². The Morgan fingerprint density at radius 2 is 1.88 bits per heavy atom. The number of likely N-dealkylation sites (tertiary alicyclic amines) is 1. The number of methoxy groups -OCH3 is 1. The smallest absolute Gasteiger partial charge is 0.250 e. The second-order valence-electron chi connectivity index (χ2n) is 6.57. The van der Waals surface area contributed by atoms with Crippen molar-refractivity contribution in [1.82, 2.24) is 9.62 Å². The highest BCUT2D eigenvalue weighted by Gasteiger charge is 2.27. The molecule has 0 amide bonds. The fourth-order valence-corrected chi connectivity index (χ4v) is 5.79. The molecule has 1 saturated heterocycles. The molecule has 1 aromatic carbocycles. The summed E-state index contributed by atoms with van der Waals surface area (Å²) in [6, 6.07) is 11.3. The van der Waals surface area contributed by atoms with Crippen LogP contribution in [0.3, 0.4) is 0 Å². The van der Waals surface area contributed by atoms with E-state index in [9.17, 15) is 8.42 Å². The number of thiophene rings is 1. The highest BCUT2D eigenvalue weighted by molar-refractivity contribution is 7.91. The van der Waals surface area contributed by atoms with Gasteiger partial charge in [0.25, 0.3) is 0 Å². The van der Waals surface area contributed by atoms with E-state index < -0.39 is 10.0 Å². The molecule has 7 heteroatoms.